The number of ether oxygens (including phenoxy) is 2. The third kappa shape index (κ3) is 5.64. The number of benzene rings is 2. The molecule has 0 fully saturated rings. The van der Waals surface area contributed by atoms with Crippen LogP contribution in [0.4, 0.5) is 10.1 Å². The maximum atomic E-state index is 12.9. The van der Waals surface area contributed by atoms with Crippen molar-refractivity contribution < 1.29 is 18.7 Å². The first-order valence-corrected chi connectivity index (χ1v) is 7.60. The van der Waals surface area contributed by atoms with E-state index in [0.717, 1.165) is 5.56 Å². The second-order valence-corrected chi connectivity index (χ2v) is 5.29. The predicted molar refractivity (Wildman–Crippen MR) is 90.3 cm³/mol. The number of hydrogen-bond donors (Lipinski definition) is 2. The van der Waals surface area contributed by atoms with Gasteiger partial charge >= 0.3 is 0 Å². The molecule has 128 valence electrons. The fourth-order valence-electron chi connectivity index (χ4n) is 2.09. The maximum absolute atomic E-state index is 12.9. The summed E-state index contributed by atoms with van der Waals surface area (Å²) < 4.78 is 23.6. The molecular formula is C18H21FN2O3. The van der Waals surface area contributed by atoms with Crippen LogP contribution in [-0.2, 0) is 16.1 Å². The summed E-state index contributed by atoms with van der Waals surface area (Å²) in [4.78, 5) is 11.9. The average Bonchev–Trinajstić information content (AvgIpc) is 2.59. The number of carbonyl (C=O) groups excluding carboxylic acids is 1. The van der Waals surface area contributed by atoms with Gasteiger partial charge in [-0.15, -0.1) is 0 Å². The molecule has 6 heteroatoms. The van der Waals surface area contributed by atoms with Gasteiger partial charge in [-0.2, -0.15) is 0 Å². The van der Waals surface area contributed by atoms with E-state index >= 15 is 0 Å². The van der Waals surface area contributed by atoms with Crippen LogP contribution in [0.2, 0.25) is 0 Å². The molecule has 0 aliphatic rings. The highest BCUT2D eigenvalue weighted by Gasteiger charge is 2.11. The molecular weight excluding hydrogens is 311 g/mol. The summed E-state index contributed by atoms with van der Waals surface area (Å²) in [7, 11) is 1.52. The lowest BCUT2D eigenvalue weighted by Gasteiger charge is -2.13. The summed E-state index contributed by atoms with van der Waals surface area (Å²) in [6, 6.07) is 13.2. The number of anilines is 1. The van der Waals surface area contributed by atoms with E-state index in [2.05, 4.69) is 5.32 Å². The van der Waals surface area contributed by atoms with Crippen LogP contribution < -0.4 is 15.8 Å². The average molecular weight is 332 g/mol. The SMILES string of the molecule is COC(CN)CC(=O)Nc1cccc(OCc2ccc(F)cc2)c1. The van der Waals surface area contributed by atoms with Crippen LogP contribution in [0.25, 0.3) is 0 Å². The third-order valence-electron chi connectivity index (χ3n) is 3.45. The molecule has 3 N–H and O–H groups in total. The molecule has 1 amide bonds. The van der Waals surface area contributed by atoms with Crippen molar-refractivity contribution in [3.05, 3.63) is 59.9 Å². The summed E-state index contributed by atoms with van der Waals surface area (Å²) >= 11 is 0. The monoisotopic (exact) mass is 332 g/mol. The van der Waals surface area contributed by atoms with Gasteiger partial charge in [0, 0.05) is 25.4 Å². The summed E-state index contributed by atoms with van der Waals surface area (Å²) in [6.07, 6.45) is -0.115. The molecule has 0 aromatic heterocycles. The smallest absolute Gasteiger partial charge is 0.227 e. The minimum Gasteiger partial charge on any atom is -0.489 e. The minimum atomic E-state index is -0.303. The van der Waals surface area contributed by atoms with E-state index in [1.54, 1.807) is 36.4 Å². The van der Waals surface area contributed by atoms with Crippen LogP contribution in [0.3, 0.4) is 0 Å². The van der Waals surface area contributed by atoms with E-state index in [1.807, 2.05) is 0 Å². The van der Waals surface area contributed by atoms with Crippen LogP contribution in [0, 0.1) is 5.82 Å². The lowest BCUT2D eigenvalue weighted by atomic mass is 10.2. The van der Waals surface area contributed by atoms with Crippen molar-refractivity contribution in [3.63, 3.8) is 0 Å². The summed E-state index contributed by atoms with van der Waals surface area (Å²) in [6.45, 7) is 0.599. The molecule has 2 rings (SSSR count). The van der Waals surface area contributed by atoms with Gasteiger partial charge in [-0.05, 0) is 29.8 Å². The maximum Gasteiger partial charge on any atom is 0.227 e. The number of carbonyl (C=O) groups is 1. The van der Waals surface area contributed by atoms with Crippen molar-refractivity contribution in [2.75, 3.05) is 19.0 Å². The topological polar surface area (TPSA) is 73.6 Å². The quantitative estimate of drug-likeness (QED) is 0.779. The third-order valence-corrected chi connectivity index (χ3v) is 3.45. The Morgan fingerprint density at radius 1 is 1.25 bits per heavy atom. The van der Waals surface area contributed by atoms with Crippen molar-refractivity contribution in [1.29, 1.82) is 0 Å². The molecule has 0 saturated heterocycles. The molecule has 1 unspecified atom stereocenters. The van der Waals surface area contributed by atoms with Gasteiger partial charge in [0.15, 0.2) is 0 Å². The molecule has 24 heavy (non-hydrogen) atoms. The highest BCUT2D eigenvalue weighted by atomic mass is 19.1. The van der Waals surface area contributed by atoms with E-state index < -0.39 is 0 Å². The molecule has 0 aliphatic carbocycles. The molecule has 2 aromatic rings. The Kier molecular flexibility index (Phi) is 6.72. The highest BCUT2D eigenvalue weighted by molar-refractivity contribution is 5.91. The van der Waals surface area contributed by atoms with E-state index in [1.165, 1.54) is 19.2 Å². The second kappa shape index (κ2) is 9.00. The van der Waals surface area contributed by atoms with Gasteiger partial charge in [0.2, 0.25) is 5.91 Å². The summed E-state index contributed by atoms with van der Waals surface area (Å²) in [5, 5.41) is 2.78. The van der Waals surface area contributed by atoms with Gasteiger partial charge in [-0.3, -0.25) is 4.79 Å². The highest BCUT2D eigenvalue weighted by Crippen LogP contribution is 2.19. The molecule has 0 bridgehead atoms. The van der Waals surface area contributed by atoms with Gasteiger partial charge in [0.25, 0.3) is 0 Å². The fourth-order valence-corrected chi connectivity index (χ4v) is 2.09. The van der Waals surface area contributed by atoms with Gasteiger partial charge in [0.05, 0.1) is 12.5 Å². The molecule has 5 nitrogen and oxygen atoms in total. The Labute approximate surface area is 140 Å². The van der Waals surface area contributed by atoms with Gasteiger partial charge < -0.3 is 20.5 Å². The number of methoxy groups -OCH3 is 1. The number of nitrogens with two attached hydrogens (primary N) is 1. The second-order valence-electron chi connectivity index (χ2n) is 5.29. The molecule has 1 atom stereocenters. The number of rotatable bonds is 8. The minimum absolute atomic E-state index is 0.178. The zero-order valence-electron chi connectivity index (χ0n) is 13.5. The van der Waals surface area contributed by atoms with Crippen molar-refractivity contribution in [3.8, 4) is 5.75 Å². The molecule has 0 aliphatic heterocycles. The Balaban J connectivity index is 1.91. The molecule has 0 heterocycles. The first-order valence-electron chi connectivity index (χ1n) is 7.60. The predicted octanol–water partition coefficient (Wildman–Crippen LogP) is 2.71. The van der Waals surface area contributed by atoms with Gasteiger partial charge in [-0.1, -0.05) is 18.2 Å². The normalized spacial score (nSPS) is 11.8. The largest absolute Gasteiger partial charge is 0.489 e. The van der Waals surface area contributed by atoms with Crippen LogP contribution in [0.15, 0.2) is 48.5 Å². The Morgan fingerprint density at radius 3 is 2.67 bits per heavy atom. The van der Waals surface area contributed by atoms with Crippen molar-refractivity contribution in [2.45, 2.75) is 19.1 Å². The molecule has 0 radical (unpaired) electrons. The van der Waals surface area contributed by atoms with Crippen LogP contribution in [-0.4, -0.2) is 25.7 Å². The lowest BCUT2D eigenvalue weighted by molar-refractivity contribution is -0.118. The Hall–Kier alpha value is -2.44. The van der Waals surface area contributed by atoms with E-state index in [-0.39, 0.29) is 30.8 Å². The van der Waals surface area contributed by atoms with E-state index in [0.29, 0.717) is 18.0 Å². The van der Waals surface area contributed by atoms with Gasteiger partial charge in [-0.25, -0.2) is 4.39 Å². The van der Waals surface area contributed by atoms with E-state index in [9.17, 15) is 9.18 Å². The fraction of sp³-hybridized carbons (Fsp3) is 0.278. The molecule has 0 spiro atoms. The Bertz CT molecular complexity index is 658. The zero-order valence-corrected chi connectivity index (χ0v) is 13.5. The summed E-state index contributed by atoms with van der Waals surface area (Å²) in [5.74, 6) is 0.150. The number of halogens is 1. The number of hydrogen-bond acceptors (Lipinski definition) is 4. The first-order chi connectivity index (χ1) is 11.6. The lowest BCUT2D eigenvalue weighted by Crippen LogP contribution is -2.28. The summed E-state index contributed by atoms with van der Waals surface area (Å²) in [5.41, 5.74) is 6.99. The van der Waals surface area contributed by atoms with Crippen LogP contribution >= 0.6 is 0 Å². The van der Waals surface area contributed by atoms with Crippen molar-refractivity contribution in [1.82, 2.24) is 0 Å². The standard InChI is InChI=1S/C18H21FN2O3/c1-23-17(11-20)10-18(22)21-15-3-2-4-16(9-15)24-12-13-5-7-14(19)8-6-13/h2-9,17H,10-12,20H2,1H3,(H,21,22). The van der Waals surface area contributed by atoms with Crippen LogP contribution in [0.1, 0.15) is 12.0 Å². The number of nitrogens with one attached hydrogen (secondary N) is 1. The van der Waals surface area contributed by atoms with Crippen LogP contribution in [0.5, 0.6) is 5.75 Å². The van der Waals surface area contributed by atoms with Crippen molar-refractivity contribution in [2.24, 2.45) is 5.73 Å². The first kappa shape index (κ1) is 17.9. The number of amides is 1. The zero-order chi connectivity index (χ0) is 17.4. The molecule has 0 saturated carbocycles. The molecule has 2 aromatic carbocycles. The Morgan fingerprint density at radius 2 is 2.00 bits per heavy atom. The van der Waals surface area contributed by atoms with Gasteiger partial charge in [0.1, 0.15) is 18.2 Å². The van der Waals surface area contributed by atoms with Crippen molar-refractivity contribution >= 4 is 11.6 Å². The van der Waals surface area contributed by atoms with E-state index in [4.69, 9.17) is 15.2 Å².